The van der Waals surface area contributed by atoms with Crippen LogP contribution in [0.15, 0.2) is 29.3 Å². The molecule has 3 rings (SSSR count). The number of piperazine rings is 1. The number of aliphatic imine (C=N–C) groups is 1. The number of hydrogen-bond acceptors (Lipinski definition) is 4. The number of carbonyl (C=O) groups is 1. The molecular weight excluding hydrogens is 368 g/mol. The summed E-state index contributed by atoms with van der Waals surface area (Å²) in [4.78, 5) is 20.8. The SMILES string of the molecule is CN=C(NCCOc1ccccc1Cl)N1CCN(C(=O)C2CCCO2)CC1. The van der Waals surface area contributed by atoms with Gasteiger partial charge in [-0.05, 0) is 25.0 Å². The Morgan fingerprint density at radius 2 is 2.04 bits per heavy atom. The fraction of sp³-hybridized carbons (Fsp3) is 0.579. The molecule has 27 heavy (non-hydrogen) atoms. The molecule has 2 saturated heterocycles. The Hall–Kier alpha value is -1.99. The maximum absolute atomic E-state index is 12.4. The Bertz CT molecular complexity index is 656. The van der Waals surface area contributed by atoms with Gasteiger partial charge >= 0.3 is 0 Å². The molecule has 0 radical (unpaired) electrons. The zero-order valence-corrected chi connectivity index (χ0v) is 16.5. The number of rotatable bonds is 5. The zero-order chi connectivity index (χ0) is 19.1. The highest BCUT2D eigenvalue weighted by molar-refractivity contribution is 6.32. The number of nitrogens with zero attached hydrogens (tertiary/aromatic N) is 3. The van der Waals surface area contributed by atoms with Crippen molar-refractivity contribution in [2.45, 2.75) is 18.9 Å². The van der Waals surface area contributed by atoms with E-state index in [4.69, 9.17) is 21.1 Å². The van der Waals surface area contributed by atoms with Gasteiger partial charge in [-0.1, -0.05) is 23.7 Å². The van der Waals surface area contributed by atoms with Crippen molar-refractivity contribution in [2.24, 2.45) is 4.99 Å². The molecule has 1 amide bonds. The molecule has 7 nitrogen and oxygen atoms in total. The molecule has 1 N–H and O–H groups in total. The summed E-state index contributed by atoms with van der Waals surface area (Å²) in [7, 11) is 1.77. The van der Waals surface area contributed by atoms with E-state index < -0.39 is 0 Å². The van der Waals surface area contributed by atoms with Crippen LogP contribution in [0.2, 0.25) is 5.02 Å². The van der Waals surface area contributed by atoms with Crippen molar-refractivity contribution in [3.63, 3.8) is 0 Å². The molecule has 2 fully saturated rings. The minimum atomic E-state index is -0.240. The Morgan fingerprint density at radius 3 is 2.70 bits per heavy atom. The van der Waals surface area contributed by atoms with Gasteiger partial charge in [0.25, 0.3) is 5.91 Å². The van der Waals surface area contributed by atoms with E-state index in [0.29, 0.717) is 43.6 Å². The van der Waals surface area contributed by atoms with Crippen molar-refractivity contribution in [2.75, 3.05) is 53.0 Å². The number of amides is 1. The lowest BCUT2D eigenvalue weighted by molar-refractivity contribution is -0.142. The number of nitrogens with one attached hydrogen (secondary N) is 1. The first-order valence-electron chi connectivity index (χ1n) is 9.42. The third-order valence-electron chi connectivity index (χ3n) is 4.79. The molecule has 0 saturated carbocycles. The Balaban J connectivity index is 1.40. The average Bonchev–Trinajstić information content (AvgIpc) is 3.24. The predicted molar refractivity (Wildman–Crippen MR) is 105 cm³/mol. The van der Waals surface area contributed by atoms with Crippen molar-refractivity contribution in [1.82, 2.24) is 15.1 Å². The maximum Gasteiger partial charge on any atom is 0.251 e. The summed E-state index contributed by atoms with van der Waals surface area (Å²) in [6.45, 7) is 4.69. The van der Waals surface area contributed by atoms with Crippen molar-refractivity contribution < 1.29 is 14.3 Å². The second-order valence-electron chi connectivity index (χ2n) is 6.57. The van der Waals surface area contributed by atoms with Gasteiger partial charge < -0.3 is 24.6 Å². The Morgan fingerprint density at radius 1 is 1.30 bits per heavy atom. The number of guanidine groups is 1. The molecule has 0 aliphatic carbocycles. The standard InChI is InChI=1S/C19H27ClN4O3/c1-21-19(22-8-14-27-16-6-3-2-5-15(16)20)24-11-9-23(10-12-24)18(25)17-7-4-13-26-17/h2-3,5-6,17H,4,7-14H2,1H3,(H,21,22). The normalized spacial score (nSPS) is 20.7. The molecule has 1 atom stereocenters. The van der Waals surface area contributed by atoms with Gasteiger partial charge in [-0.2, -0.15) is 0 Å². The van der Waals surface area contributed by atoms with Crippen LogP contribution in [0.3, 0.4) is 0 Å². The highest BCUT2D eigenvalue weighted by atomic mass is 35.5. The van der Waals surface area contributed by atoms with Crippen LogP contribution in [0.1, 0.15) is 12.8 Å². The van der Waals surface area contributed by atoms with E-state index in [0.717, 1.165) is 31.9 Å². The van der Waals surface area contributed by atoms with Gasteiger partial charge in [0.2, 0.25) is 0 Å². The molecule has 1 aromatic carbocycles. The first kappa shape index (κ1) is 19.8. The van der Waals surface area contributed by atoms with Crippen LogP contribution in [0.25, 0.3) is 0 Å². The molecule has 8 heteroatoms. The molecule has 148 valence electrons. The predicted octanol–water partition coefficient (Wildman–Crippen LogP) is 1.62. The van der Waals surface area contributed by atoms with Crippen molar-refractivity contribution in [1.29, 1.82) is 0 Å². The zero-order valence-electron chi connectivity index (χ0n) is 15.7. The summed E-state index contributed by atoms with van der Waals surface area (Å²) in [5, 5.41) is 3.91. The molecule has 0 aromatic heterocycles. The molecule has 1 aromatic rings. The van der Waals surface area contributed by atoms with Crippen LogP contribution in [-0.2, 0) is 9.53 Å². The summed E-state index contributed by atoms with van der Waals surface area (Å²) in [6, 6.07) is 7.42. The van der Waals surface area contributed by atoms with E-state index >= 15 is 0 Å². The lowest BCUT2D eigenvalue weighted by Crippen LogP contribution is -2.55. The summed E-state index contributed by atoms with van der Waals surface area (Å²) in [5.74, 6) is 1.63. The molecular formula is C19H27ClN4O3. The van der Waals surface area contributed by atoms with E-state index in [1.165, 1.54) is 0 Å². The van der Waals surface area contributed by atoms with Gasteiger partial charge in [-0.25, -0.2) is 0 Å². The van der Waals surface area contributed by atoms with E-state index in [1.54, 1.807) is 13.1 Å². The minimum Gasteiger partial charge on any atom is -0.490 e. The van der Waals surface area contributed by atoms with Gasteiger partial charge in [0.05, 0.1) is 11.6 Å². The summed E-state index contributed by atoms with van der Waals surface area (Å²) >= 11 is 6.08. The molecule has 2 heterocycles. The lowest BCUT2D eigenvalue weighted by atomic mass is 10.2. The fourth-order valence-corrected chi connectivity index (χ4v) is 3.52. The van der Waals surface area contributed by atoms with Crippen LogP contribution in [0.5, 0.6) is 5.75 Å². The highest BCUT2D eigenvalue weighted by Crippen LogP contribution is 2.22. The topological polar surface area (TPSA) is 66.4 Å². The monoisotopic (exact) mass is 394 g/mol. The summed E-state index contributed by atoms with van der Waals surface area (Å²) in [5.41, 5.74) is 0. The van der Waals surface area contributed by atoms with Crippen molar-refractivity contribution >= 4 is 23.5 Å². The molecule has 0 bridgehead atoms. The van der Waals surface area contributed by atoms with Gasteiger partial charge in [0.1, 0.15) is 18.5 Å². The van der Waals surface area contributed by atoms with Crippen LogP contribution < -0.4 is 10.1 Å². The third kappa shape index (κ3) is 5.26. The van der Waals surface area contributed by atoms with Crippen molar-refractivity contribution in [3.05, 3.63) is 29.3 Å². The first-order chi connectivity index (χ1) is 13.2. The summed E-state index contributed by atoms with van der Waals surface area (Å²) in [6.07, 6.45) is 1.58. The molecule has 2 aliphatic heterocycles. The second-order valence-corrected chi connectivity index (χ2v) is 6.97. The van der Waals surface area contributed by atoms with Gasteiger partial charge in [0.15, 0.2) is 5.96 Å². The minimum absolute atomic E-state index is 0.128. The highest BCUT2D eigenvalue weighted by Gasteiger charge is 2.30. The second kappa shape index (κ2) is 9.80. The molecule has 0 spiro atoms. The largest absolute Gasteiger partial charge is 0.490 e. The number of ether oxygens (including phenoxy) is 2. The van der Waals surface area contributed by atoms with Crippen LogP contribution in [0.4, 0.5) is 0 Å². The van der Waals surface area contributed by atoms with E-state index in [9.17, 15) is 4.79 Å². The number of hydrogen-bond donors (Lipinski definition) is 1. The van der Waals surface area contributed by atoms with E-state index in [-0.39, 0.29) is 12.0 Å². The Kier molecular flexibility index (Phi) is 7.18. The van der Waals surface area contributed by atoms with Gasteiger partial charge in [0, 0.05) is 39.8 Å². The average molecular weight is 395 g/mol. The van der Waals surface area contributed by atoms with Gasteiger partial charge in [-0.15, -0.1) is 0 Å². The van der Waals surface area contributed by atoms with Crippen LogP contribution >= 0.6 is 11.6 Å². The van der Waals surface area contributed by atoms with E-state index in [2.05, 4.69) is 15.2 Å². The van der Waals surface area contributed by atoms with Crippen LogP contribution in [0, 0.1) is 0 Å². The smallest absolute Gasteiger partial charge is 0.251 e. The number of benzene rings is 1. The molecule has 1 unspecified atom stereocenters. The Labute approximate surface area is 165 Å². The number of halogens is 1. The van der Waals surface area contributed by atoms with E-state index in [1.807, 2.05) is 23.1 Å². The number of carbonyl (C=O) groups excluding carboxylic acids is 1. The fourth-order valence-electron chi connectivity index (χ4n) is 3.33. The van der Waals surface area contributed by atoms with Crippen LogP contribution in [-0.4, -0.2) is 80.8 Å². The lowest BCUT2D eigenvalue weighted by Gasteiger charge is -2.37. The van der Waals surface area contributed by atoms with Gasteiger partial charge in [-0.3, -0.25) is 9.79 Å². The molecule has 2 aliphatic rings. The maximum atomic E-state index is 12.4. The first-order valence-corrected chi connectivity index (χ1v) is 9.80. The summed E-state index contributed by atoms with van der Waals surface area (Å²) < 4.78 is 11.2. The van der Waals surface area contributed by atoms with Crippen molar-refractivity contribution in [3.8, 4) is 5.75 Å². The quantitative estimate of drug-likeness (QED) is 0.467. The number of para-hydroxylation sites is 1. The third-order valence-corrected chi connectivity index (χ3v) is 5.10.